The van der Waals surface area contributed by atoms with Crippen molar-refractivity contribution in [3.63, 3.8) is 0 Å². The van der Waals surface area contributed by atoms with Crippen molar-refractivity contribution in [3.05, 3.63) is 27.8 Å². The van der Waals surface area contributed by atoms with Gasteiger partial charge in [-0.1, -0.05) is 0 Å². The van der Waals surface area contributed by atoms with Crippen molar-refractivity contribution in [2.24, 2.45) is 0 Å². The van der Waals surface area contributed by atoms with Gasteiger partial charge in [-0.05, 0) is 19.9 Å². The lowest BCUT2D eigenvalue weighted by molar-refractivity contribution is -0.385. The quantitative estimate of drug-likeness (QED) is 0.651. The lowest BCUT2D eigenvalue weighted by Crippen LogP contribution is -2.34. The average Bonchev–Trinajstić information content (AvgIpc) is 2.83. The fourth-order valence-electron chi connectivity index (χ4n) is 2.52. The van der Waals surface area contributed by atoms with Crippen LogP contribution in [-0.2, 0) is 0 Å². The number of rotatable bonds is 5. The Morgan fingerprint density at radius 2 is 2.13 bits per heavy atom. The summed E-state index contributed by atoms with van der Waals surface area (Å²) in [5, 5.41) is 14.5. The zero-order valence-electron chi connectivity index (χ0n) is 13.3. The monoisotopic (exact) mass is 323 g/mol. The van der Waals surface area contributed by atoms with Crippen LogP contribution >= 0.6 is 0 Å². The molecular formula is C15H21N3O5. The van der Waals surface area contributed by atoms with Crippen LogP contribution in [0.4, 0.5) is 5.69 Å². The highest BCUT2D eigenvalue weighted by Gasteiger charge is 2.28. The van der Waals surface area contributed by atoms with Crippen LogP contribution in [0.15, 0.2) is 12.1 Å². The molecule has 0 radical (unpaired) electrons. The average molecular weight is 323 g/mol. The molecule has 1 aromatic carbocycles. The number of nitro groups is 1. The van der Waals surface area contributed by atoms with E-state index in [2.05, 4.69) is 5.32 Å². The van der Waals surface area contributed by atoms with E-state index < -0.39 is 4.92 Å². The van der Waals surface area contributed by atoms with Crippen molar-refractivity contribution in [2.45, 2.75) is 13.3 Å². The van der Waals surface area contributed by atoms with Gasteiger partial charge in [-0.3, -0.25) is 14.9 Å². The molecule has 1 aliphatic heterocycles. The molecule has 1 fully saturated rings. The van der Waals surface area contributed by atoms with Crippen LogP contribution in [0, 0.1) is 10.1 Å². The molecule has 0 atom stereocenters. The summed E-state index contributed by atoms with van der Waals surface area (Å²) in [4.78, 5) is 25.1. The normalized spacial score (nSPS) is 15.0. The minimum Gasteiger partial charge on any atom is -0.493 e. The van der Waals surface area contributed by atoms with Gasteiger partial charge in [0.05, 0.1) is 24.7 Å². The molecule has 1 saturated heterocycles. The zero-order chi connectivity index (χ0) is 16.8. The van der Waals surface area contributed by atoms with Gasteiger partial charge in [-0.2, -0.15) is 0 Å². The first kappa shape index (κ1) is 17.0. The molecule has 0 bridgehead atoms. The number of amides is 1. The highest BCUT2D eigenvalue weighted by molar-refractivity contribution is 5.99. The number of methoxy groups -OCH3 is 1. The third-order valence-electron chi connectivity index (χ3n) is 3.64. The predicted molar refractivity (Wildman–Crippen MR) is 84.2 cm³/mol. The van der Waals surface area contributed by atoms with Crippen molar-refractivity contribution >= 4 is 11.6 Å². The zero-order valence-corrected chi connectivity index (χ0v) is 13.3. The van der Waals surface area contributed by atoms with E-state index in [0.29, 0.717) is 32.0 Å². The van der Waals surface area contributed by atoms with E-state index in [9.17, 15) is 14.9 Å². The summed E-state index contributed by atoms with van der Waals surface area (Å²) in [5.41, 5.74) is -0.242. The second-order valence-electron chi connectivity index (χ2n) is 5.11. The van der Waals surface area contributed by atoms with E-state index in [0.717, 1.165) is 13.0 Å². The Balaban J connectivity index is 2.43. The van der Waals surface area contributed by atoms with Gasteiger partial charge in [0.1, 0.15) is 5.56 Å². The number of ether oxygens (including phenoxy) is 2. The maximum Gasteiger partial charge on any atom is 0.286 e. The summed E-state index contributed by atoms with van der Waals surface area (Å²) in [6.45, 7) is 4.76. The molecule has 8 heteroatoms. The van der Waals surface area contributed by atoms with Crippen LogP contribution in [0.2, 0.25) is 0 Å². The summed E-state index contributed by atoms with van der Waals surface area (Å²) in [5.74, 6) is 0.216. The molecule has 126 valence electrons. The Hall–Kier alpha value is -2.35. The first-order valence-corrected chi connectivity index (χ1v) is 7.57. The molecule has 1 heterocycles. The predicted octanol–water partition coefficient (Wildman–Crippen LogP) is 1.44. The summed E-state index contributed by atoms with van der Waals surface area (Å²) >= 11 is 0. The highest BCUT2D eigenvalue weighted by Crippen LogP contribution is 2.35. The number of nitro benzene ring substituents is 1. The molecule has 1 aromatic rings. The fourth-order valence-corrected chi connectivity index (χ4v) is 2.52. The van der Waals surface area contributed by atoms with Crippen LogP contribution in [0.5, 0.6) is 11.5 Å². The van der Waals surface area contributed by atoms with E-state index >= 15 is 0 Å². The van der Waals surface area contributed by atoms with Gasteiger partial charge in [0, 0.05) is 25.7 Å². The van der Waals surface area contributed by atoms with Crippen LogP contribution in [0.25, 0.3) is 0 Å². The van der Waals surface area contributed by atoms with E-state index in [1.54, 1.807) is 11.8 Å². The molecule has 0 spiro atoms. The third-order valence-corrected chi connectivity index (χ3v) is 3.64. The van der Waals surface area contributed by atoms with Crippen molar-refractivity contribution < 1.29 is 19.2 Å². The van der Waals surface area contributed by atoms with Gasteiger partial charge in [-0.25, -0.2) is 0 Å². The number of hydrogen-bond donors (Lipinski definition) is 1. The van der Waals surface area contributed by atoms with Crippen LogP contribution in [0.3, 0.4) is 0 Å². The van der Waals surface area contributed by atoms with Gasteiger partial charge in [0.15, 0.2) is 11.5 Å². The summed E-state index contributed by atoms with van der Waals surface area (Å²) in [6.07, 6.45) is 0.814. The van der Waals surface area contributed by atoms with Crippen molar-refractivity contribution in [3.8, 4) is 11.5 Å². The Kier molecular flexibility index (Phi) is 5.75. The van der Waals surface area contributed by atoms with Gasteiger partial charge < -0.3 is 19.7 Å². The molecule has 1 amide bonds. The van der Waals surface area contributed by atoms with E-state index in [1.807, 2.05) is 0 Å². The number of carbonyl (C=O) groups is 1. The molecule has 1 N–H and O–H groups in total. The third kappa shape index (κ3) is 3.89. The molecule has 0 aromatic heterocycles. The first-order chi connectivity index (χ1) is 11.1. The Morgan fingerprint density at radius 1 is 1.35 bits per heavy atom. The lowest BCUT2D eigenvalue weighted by atomic mass is 10.1. The Morgan fingerprint density at radius 3 is 2.78 bits per heavy atom. The van der Waals surface area contributed by atoms with Crippen molar-refractivity contribution in [2.75, 3.05) is 39.9 Å². The van der Waals surface area contributed by atoms with E-state index in [1.165, 1.54) is 19.2 Å². The molecule has 2 rings (SSSR count). The molecular weight excluding hydrogens is 302 g/mol. The highest BCUT2D eigenvalue weighted by atomic mass is 16.6. The summed E-state index contributed by atoms with van der Waals surface area (Å²) in [6, 6.07) is 2.65. The van der Waals surface area contributed by atoms with Crippen LogP contribution in [0.1, 0.15) is 23.7 Å². The second-order valence-corrected chi connectivity index (χ2v) is 5.11. The van der Waals surface area contributed by atoms with Gasteiger partial charge in [-0.15, -0.1) is 0 Å². The minimum absolute atomic E-state index is 0.0288. The SMILES string of the molecule is CCOc1cc(C(=O)N2CCCNCC2)c([N+](=O)[O-])cc1OC. The standard InChI is InChI=1S/C15H21N3O5/c1-3-23-14-9-11(12(18(20)21)10-13(14)22-2)15(19)17-7-4-5-16-6-8-17/h9-10,16H,3-8H2,1-2H3. The minimum atomic E-state index is -0.568. The fraction of sp³-hybridized carbons (Fsp3) is 0.533. The molecule has 23 heavy (non-hydrogen) atoms. The van der Waals surface area contributed by atoms with Crippen LogP contribution in [-0.4, -0.2) is 55.6 Å². The molecule has 8 nitrogen and oxygen atoms in total. The number of carbonyl (C=O) groups excluding carboxylic acids is 1. The molecule has 0 unspecified atom stereocenters. The van der Waals surface area contributed by atoms with E-state index in [-0.39, 0.29) is 22.9 Å². The maximum absolute atomic E-state index is 12.7. The summed E-state index contributed by atoms with van der Waals surface area (Å²) < 4.78 is 10.6. The maximum atomic E-state index is 12.7. The largest absolute Gasteiger partial charge is 0.493 e. The topological polar surface area (TPSA) is 93.9 Å². The van der Waals surface area contributed by atoms with Gasteiger partial charge in [0.25, 0.3) is 11.6 Å². The van der Waals surface area contributed by atoms with Crippen LogP contribution < -0.4 is 14.8 Å². The Bertz CT molecular complexity index is 583. The second kappa shape index (κ2) is 7.77. The lowest BCUT2D eigenvalue weighted by Gasteiger charge is -2.20. The smallest absolute Gasteiger partial charge is 0.286 e. The number of hydrogen-bond acceptors (Lipinski definition) is 6. The van der Waals surface area contributed by atoms with Crippen molar-refractivity contribution in [1.82, 2.24) is 10.2 Å². The van der Waals surface area contributed by atoms with Gasteiger partial charge in [0.2, 0.25) is 0 Å². The molecule has 0 saturated carbocycles. The van der Waals surface area contributed by atoms with Crippen molar-refractivity contribution in [1.29, 1.82) is 0 Å². The first-order valence-electron chi connectivity index (χ1n) is 7.57. The number of benzene rings is 1. The summed E-state index contributed by atoms with van der Waals surface area (Å²) in [7, 11) is 1.41. The Labute approximate surface area is 134 Å². The molecule has 0 aliphatic carbocycles. The molecule has 1 aliphatic rings. The number of nitrogens with zero attached hydrogens (tertiary/aromatic N) is 2. The number of nitrogens with one attached hydrogen (secondary N) is 1. The van der Waals surface area contributed by atoms with Gasteiger partial charge >= 0.3 is 0 Å². The van der Waals surface area contributed by atoms with E-state index in [4.69, 9.17) is 9.47 Å².